The van der Waals surface area contributed by atoms with E-state index >= 15 is 0 Å². The van der Waals surface area contributed by atoms with Crippen molar-refractivity contribution in [1.29, 1.82) is 0 Å². The lowest BCUT2D eigenvalue weighted by atomic mass is 10.2. The number of benzene rings is 1. The molecule has 0 aliphatic heterocycles. The van der Waals surface area contributed by atoms with Crippen molar-refractivity contribution < 1.29 is 9.90 Å². The van der Waals surface area contributed by atoms with Crippen molar-refractivity contribution in [3.05, 3.63) is 71.1 Å². The number of hydrogen-bond donors (Lipinski definition) is 2. The summed E-state index contributed by atoms with van der Waals surface area (Å²) in [6.07, 6.45) is 6.05. The molecule has 0 bridgehead atoms. The Hall–Kier alpha value is -2.76. The van der Waals surface area contributed by atoms with E-state index in [1.54, 1.807) is 30.5 Å². The molecule has 1 aromatic carbocycles. The molecule has 0 radical (unpaired) electrons. The number of hydrogen-bond acceptors (Lipinski definition) is 4. The Labute approximate surface area is 143 Å². The molecule has 24 heavy (non-hydrogen) atoms. The van der Waals surface area contributed by atoms with Gasteiger partial charge in [-0.15, -0.1) is 0 Å². The summed E-state index contributed by atoms with van der Waals surface area (Å²) in [6.45, 7) is -0.172. The number of amides is 1. The SMILES string of the molecule is O=C(/C=C/c1ccc2ccc(Cl)cc2n1)Nc1cnccc1CO. The fourth-order valence-corrected chi connectivity index (χ4v) is 2.37. The van der Waals surface area contributed by atoms with Gasteiger partial charge in [0, 0.05) is 28.2 Å². The van der Waals surface area contributed by atoms with Gasteiger partial charge in [0.2, 0.25) is 5.91 Å². The van der Waals surface area contributed by atoms with Crippen molar-refractivity contribution in [2.45, 2.75) is 6.61 Å². The van der Waals surface area contributed by atoms with E-state index < -0.39 is 0 Å². The molecular weight excluding hydrogens is 326 g/mol. The lowest BCUT2D eigenvalue weighted by Gasteiger charge is -2.06. The van der Waals surface area contributed by atoms with Gasteiger partial charge in [0.05, 0.1) is 29.7 Å². The molecule has 0 unspecified atom stereocenters. The summed E-state index contributed by atoms with van der Waals surface area (Å²) in [5.74, 6) is -0.328. The van der Waals surface area contributed by atoms with Crippen molar-refractivity contribution in [3.8, 4) is 0 Å². The lowest BCUT2D eigenvalue weighted by molar-refractivity contribution is -0.111. The van der Waals surface area contributed by atoms with Crippen LogP contribution in [0, 0.1) is 0 Å². The van der Waals surface area contributed by atoms with Gasteiger partial charge in [-0.2, -0.15) is 0 Å². The Morgan fingerprint density at radius 1 is 1.25 bits per heavy atom. The van der Waals surface area contributed by atoms with E-state index in [2.05, 4.69) is 15.3 Å². The Morgan fingerprint density at radius 3 is 2.92 bits per heavy atom. The molecule has 2 heterocycles. The van der Waals surface area contributed by atoms with Crippen molar-refractivity contribution >= 4 is 40.2 Å². The summed E-state index contributed by atoms with van der Waals surface area (Å²) in [7, 11) is 0. The fourth-order valence-electron chi connectivity index (χ4n) is 2.21. The first-order valence-corrected chi connectivity index (χ1v) is 7.62. The van der Waals surface area contributed by atoms with E-state index in [0.29, 0.717) is 22.0 Å². The summed E-state index contributed by atoms with van der Waals surface area (Å²) in [4.78, 5) is 20.4. The van der Waals surface area contributed by atoms with Gasteiger partial charge in [-0.1, -0.05) is 23.7 Å². The van der Waals surface area contributed by atoms with Crippen LogP contribution >= 0.6 is 11.6 Å². The summed E-state index contributed by atoms with van der Waals surface area (Å²) >= 11 is 5.97. The first kappa shape index (κ1) is 16.1. The van der Waals surface area contributed by atoms with E-state index in [9.17, 15) is 9.90 Å². The third kappa shape index (κ3) is 3.76. The predicted molar refractivity (Wildman–Crippen MR) is 94.6 cm³/mol. The van der Waals surface area contributed by atoms with Crippen molar-refractivity contribution in [3.63, 3.8) is 0 Å². The molecule has 0 fully saturated rings. The predicted octanol–water partition coefficient (Wildman–Crippen LogP) is 3.43. The average Bonchev–Trinajstić information content (AvgIpc) is 2.60. The van der Waals surface area contributed by atoms with E-state index in [-0.39, 0.29) is 12.5 Å². The third-order valence-corrected chi connectivity index (χ3v) is 3.66. The number of carbonyl (C=O) groups excluding carboxylic acids is 1. The number of aliphatic hydroxyl groups is 1. The standard InChI is InChI=1S/C18H14ClN3O2/c19-14-3-1-12-2-4-15(21-16(12)9-14)5-6-18(24)22-17-10-20-8-7-13(17)11-23/h1-10,23H,11H2,(H,22,24)/b6-5+. The molecule has 3 rings (SSSR count). The third-order valence-electron chi connectivity index (χ3n) is 3.42. The molecule has 0 saturated carbocycles. The quantitative estimate of drug-likeness (QED) is 0.714. The van der Waals surface area contributed by atoms with Crippen LogP contribution in [0.3, 0.4) is 0 Å². The van der Waals surface area contributed by atoms with E-state index in [0.717, 1.165) is 10.9 Å². The summed E-state index contributed by atoms with van der Waals surface area (Å²) in [5.41, 5.74) is 2.49. The number of pyridine rings is 2. The molecule has 0 spiro atoms. The molecule has 0 aliphatic carbocycles. The minimum absolute atomic E-state index is 0.172. The number of rotatable bonds is 4. The lowest BCUT2D eigenvalue weighted by Crippen LogP contribution is -2.10. The number of anilines is 1. The maximum absolute atomic E-state index is 12.0. The van der Waals surface area contributed by atoms with E-state index in [4.69, 9.17) is 11.6 Å². The number of carbonyl (C=O) groups is 1. The van der Waals surface area contributed by atoms with E-state index in [1.807, 2.05) is 18.2 Å². The molecule has 2 aromatic heterocycles. The molecular formula is C18H14ClN3O2. The normalized spacial score (nSPS) is 11.1. The number of nitrogens with zero attached hydrogens (tertiary/aromatic N) is 2. The molecule has 0 saturated heterocycles. The van der Waals surface area contributed by atoms with Gasteiger partial charge in [-0.25, -0.2) is 4.98 Å². The smallest absolute Gasteiger partial charge is 0.248 e. The van der Waals surface area contributed by atoms with Gasteiger partial charge in [0.1, 0.15) is 0 Å². The van der Waals surface area contributed by atoms with Gasteiger partial charge < -0.3 is 10.4 Å². The monoisotopic (exact) mass is 339 g/mol. The first-order valence-electron chi connectivity index (χ1n) is 7.25. The largest absolute Gasteiger partial charge is 0.392 e. The maximum atomic E-state index is 12.0. The van der Waals surface area contributed by atoms with Crippen LogP contribution in [0.1, 0.15) is 11.3 Å². The van der Waals surface area contributed by atoms with Crippen LogP contribution in [0.5, 0.6) is 0 Å². The van der Waals surface area contributed by atoms with Crippen LogP contribution in [0.4, 0.5) is 5.69 Å². The molecule has 2 N–H and O–H groups in total. The van der Waals surface area contributed by atoms with Gasteiger partial charge >= 0.3 is 0 Å². The highest BCUT2D eigenvalue weighted by atomic mass is 35.5. The molecule has 6 heteroatoms. The Balaban J connectivity index is 1.76. The van der Waals surface area contributed by atoms with Crippen molar-refractivity contribution in [2.24, 2.45) is 0 Å². The first-order chi connectivity index (χ1) is 11.7. The Morgan fingerprint density at radius 2 is 2.08 bits per heavy atom. The number of nitrogens with one attached hydrogen (secondary N) is 1. The summed E-state index contributed by atoms with van der Waals surface area (Å²) in [5, 5.41) is 13.5. The Kier molecular flexibility index (Phi) is 4.84. The molecule has 5 nitrogen and oxygen atoms in total. The minimum Gasteiger partial charge on any atom is -0.392 e. The van der Waals surface area contributed by atoms with Gasteiger partial charge in [0.25, 0.3) is 0 Å². The van der Waals surface area contributed by atoms with Crippen LogP contribution < -0.4 is 5.32 Å². The highest BCUT2D eigenvalue weighted by molar-refractivity contribution is 6.31. The zero-order chi connectivity index (χ0) is 16.9. The topological polar surface area (TPSA) is 75.1 Å². The Bertz CT molecular complexity index is 925. The number of halogens is 1. The van der Waals surface area contributed by atoms with Crippen molar-refractivity contribution in [1.82, 2.24) is 9.97 Å². The number of aliphatic hydroxyl groups excluding tert-OH is 1. The number of aromatic nitrogens is 2. The average molecular weight is 340 g/mol. The molecule has 120 valence electrons. The molecule has 3 aromatic rings. The van der Waals surface area contributed by atoms with Crippen molar-refractivity contribution in [2.75, 3.05) is 5.32 Å². The van der Waals surface area contributed by atoms with Gasteiger partial charge in [0.15, 0.2) is 0 Å². The van der Waals surface area contributed by atoms with Gasteiger partial charge in [-0.3, -0.25) is 9.78 Å². The highest BCUT2D eigenvalue weighted by Crippen LogP contribution is 2.18. The van der Waals surface area contributed by atoms with Crippen LogP contribution in [0.15, 0.2) is 54.9 Å². The second kappa shape index (κ2) is 7.21. The van der Waals surface area contributed by atoms with Crippen LogP contribution in [0.25, 0.3) is 17.0 Å². The minimum atomic E-state index is -0.328. The second-order valence-corrected chi connectivity index (χ2v) is 5.52. The maximum Gasteiger partial charge on any atom is 0.248 e. The molecule has 0 atom stereocenters. The fraction of sp³-hybridized carbons (Fsp3) is 0.0556. The zero-order valence-corrected chi connectivity index (χ0v) is 13.4. The summed E-state index contributed by atoms with van der Waals surface area (Å²) in [6, 6.07) is 10.9. The second-order valence-electron chi connectivity index (χ2n) is 5.09. The highest BCUT2D eigenvalue weighted by Gasteiger charge is 2.04. The van der Waals surface area contributed by atoms with Crippen LogP contribution in [-0.4, -0.2) is 21.0 Å². The zero-order valence-electron chi connectivity index (χ0n) is 12.6. The van der Waals surface area contributed by atoms with Crippen LogP contribution in [-0.2, 0) is 11.4 Å². The van der Waals surface area contributed by atoms with E-state index in [1.165, 1.54) is 12.3 Å². The molecule has 0 aliphatic rings. The number of fused-ring (bicyclic) bond motifs is 1. The summed E-state index contributed by atoms with van der Waals surface area (Å²) < 4.78 is 0. The van der Waals surface area contributed by atoms with Crippen LogP contribution in [0.2, 0.25) is 5.02 Å². The molecule has 1 amide bonds. The van der Waals surface area contributed by atoms with Gasteiger partial charge in [-0.05, 0) is 30.3 Å².